The second-order valence-corrected chi connectivity index (χ2v) is 6.77. The van der Waals surface area contributed by atoms with Gasteiger partial charge in [-0.15, -0.1) is 0 Å². The molecular weight excluding hydrogens is 407 g/mol. The smallest absolute Gasteiger partial charge is 0.216 e. The maximum absolute atomic E-state index is 6.23. The number of aromatic amines is 1. The van der Waals surface area contributed by atoms with Gasteiger partial charge in [-0.2, -0.15) is 14.9 Å². The number of aromatic nitrogens is 3. The summed E-state index contributed by atoms with van der Waals surface area (Å²) in [5.74, 6) is 1.77. The first kappa shape index (κ1) is 19.4. The van der Waals surface area contributed by atoms with E-state index in [4.69, 9.17) is 44.9 Å². The molecule has 140 valence electrons. The van der Waals surface area contributed by atoms with Crippen LogP contribution in [0.1, 0.15) is 17.0 Å². The molecule has 0 fully saturated rings. The van der Waals surface area contributed by atoms with E-state index < -0.39 is 0 Å². The Labute approximate surface area is 171 Å². The van der Waals surface area contributed by atoms with Gasteiger partial charge in [-0.25, -0.2) is 0 Å². The highest BCUT2D eigenvalue weighted by Crippen LogP contribution is 2.32. The monoisotopic (exact) mass is 422 g/mol. The minimum atomic E-state index is 0.251. The van der Waals surface area contributed by atoms with E-state index in [1.165, 1.54) is 4.68 Å². The molecule has 0 saturated carbocycles. The number of para-hydroxylation sites is 1. The van der Waals surface area contributed by atoms with Crippen LogP contribution in [0.25, 0.3) is 0 Å². The van der Waals surface area contributed by atoms with Gasteiger partial charge in [0.25, 0.3) is 0 Å². The van der Waals surface area contributed by atoms with Crippen LogP contribution in [0.5, 0.6) is 11.5 Å². The Kier molecular flexibility index (Phi) is 6.15. The maximum Gasteiger partial charge on any atom is 0.216 e. The zero-order valence-electron chi connectivity index (χ0n) is 14.6. The zero-order valence-corrected chi connectivity index (χ0v) is 16.9. The summed E-state index contributed by atoms with van der Waals surface area (Å²) in [6, 6.07) is 10.8. The molecule has 0 aliphatic carbocycles. The van der Waals surface area contributed by atoms with Crippen LogP contribution in [-0.2, 0) is 6.61 Å². The third-order valence-corrected chi connectivity index (χ3v) is 4.59. The lowest BCUT2D eigenvalue weighted by atomic mass is 10.2. The van der Waals surface area contributed by atoms with E-state index in [-0.39, 0.29) is 6.61 Å². The third kappa shape index (κ3) is 4.50. The van der Waals surface area contributed by atoms with Crippen LogP contribution in [0.4, 0.5) is 0 Å². The summed E-state index contributed by atoms with van der Waals surface area (Å²) in [5.41, 5.74) is 1.53. The fraction of sp³-hybridized carbons (Fsp3) is 0.167. The zero-order chi connectivity index (χ0) is 19.4. The molecule has 1 heterocycles. The van der Waals surface area contributed by atoms with Crippen LogP contribution in [-0.4, -0.2) is 28.2 Å². The Morgan fingerprint density at radius 2 is 2.11 bits per heavy atom. The molecule has 0 amide bonds. The number of nitrogens with one attached hydrogen (secondary N) is 1. The summed E-state index contributed by atoms with van der Waals surface area (Å²) in [4.78, 5) is 0. The minimum absolute atomic E-state index is 0.251. The van der Waals surface area contributed by atoms with Crippen molar-refractivity contribution in [1.82, 2.24) is 14.9 Å². The number of aryl methyl sites for hydroxylation is 1. The van der Waals surface area contributed by atoms with Crippen LogP contribution in [0.3, 0.4) is 0 Å². The maximum atomic E-state index is 6.23. The first-order valence-electron chi connectivity index (χ1n) is 7.91. The quantitative estimate of drug-likeness (QED) is 0.447. The average Bonchev–Trinajstić information content (AvgIpc) is 2.97. The second-order valence-electron chi connectivity index (χ2n) is 5.54. The lowest BCUT2D eigenvalue weighted by Gasteiger charge is -2.14. The topological polar surface area (TPSA) is 64.4 Å². The van der Waals surface area contributed by atoms with E-state index in [1.807, 2.05) is 24.3 Å². The number of rotatable bonds is 6. The molecule has 0 aliphatic heterocycles. The first-order chi connectivity index (χ1) is 13.0. The van der Waals surface area contributed by atoms with Crippen LogP contribution >= 0.6 is 35.4 Å². The molecule has 0 unspecified atom stereocenters. The minimum Gasteiger partial charge on any atom is -0.493 e. The van der Waals surface area contributed by atoms with Crippen molar-refractivity contribution in [1.29, 1.82) is 0 Å². The standard InChI is InChI=1S/C18H16Cl2N4O2S/c1-11-22-23-18(27)24(11)21-9-12-4-3-5-16(25-2)17(12)26-10-13-6-7-14(19)8-15(13)20/h3-9H,10H2,1-2H3,(H,23,27)/b21-9+. The number of nitrogens with zero attached hydrogens (tertiary/aromatic N) is 3. The lowest BCUT2D eigenvalue weighted by molar-refractivity contribution is 0.284. The van der Waals surface area contributed by atoms with Gasteiger partial charge in [0.05, 0.1) is 13.3 Å². The van der Waals surface area contributed by atoms with E-state index >= 15 is 0 Å². The average molecular weight is 423 g/mol. The van der Waals surface area contributed by atoms with Gasteiger partial charge in [0.1, 0.15) is 12.4 Å². The van der Waals surface area contributed by atoms with Crippen LogP contribution in [0.15, 0.2) is 41.5 Å². The molecule has 0 atom stereocenters. The highest BCUT2D eigenvalue weighted by Gasteiger charge is 2.11. The normalized spacial score (nSPS) is 11.1. The van der Waals surface area contributed by atoms with Crippen LogP contribution in [0, 0.1) is 11.7 Å². The molecular formula is C18H16Cl2N4O2S. The van der Waals surface area contributed by atoms with Crippen molar-refractivity contribution in [2.45, 2.75) is 13.5 Å². The SMILES string of the molecule is COc1cccc(/C=N/n2c(C)n[nH]c2=S)c1OCc1ccc(Cl)cc1Cl. The predicted octanol–water partition coefficient (Wildman–Crippen LogP) is 5.03. The van der Waals surface area contributed by atoms with Gasteiger partial charge in [-0.3, -0.25) is 5.10 Å². The van der Waals surface area contributed by atoms with Crippen molar-refractivity contribution >= 4 is 41.6 Å². The molecule has 2 aromatic carbocycles. The molecule has 3 aromatic rings. The largest absolute Gasteiger partial charge is 0.493 e. The van der Waals surface area contributed by atoms with Gasteiger partial charge in [0, 0.05) is 21.2 Å². The molecule has 9 heteroatoms. The Hall–Kier alpha value is -2.35. The summed E-state index contributed by atoms with van der Waals surface area (Å²) >= 11 is 17.3. The van der Waals surface area contributed by atoms with E-state index in [0.29, 0.717) is 32.1 Å². The molecule has 0 saturated heterocycles. The van der Waals surface area contributed by atoms with Gasteiger partial charge >= 0.3 is 0 Å². The Balaban J connectivity index is 1.90. The summed E-state index contributed by atoms with van der Waals surface area (Å²) in [6.07, 6.45) is 1.64. The van der Waals surface area contributed by atoms with Gasteiger partial charge in [-0.05, 0) is 43.4 Å². The summed E-state index contributed by atoms with van der Waals surface area (Å²) in [7, 11) is 1.58. The highest BCUT2D eigenvalue weighted by molar-refractivity contribution is 7.71. The van der Waals surface area contributed by atoms with Crippen molar-refractivity contribution in [3.8, 4) is 11.5 Å². The fourth-order valence-corrected chi connectivity index (χ4v) is 3.05. The summed E-state index contributed by atoms with van der Waals surface area (Å²) in [5, 5.41) is 12.2. The number of H-pyrrole nitrogens is 1. The molecule has 1 N–H and O–H groups in total. The lowest BCUT2D eigenvalue weighted by Crippen LogP contribution is -2.02. The number of methoxy groups -OCH3 is 1. The van der Waals surface area contributed by atoms with E-state index in [1.54, 1.807) is 32.4 Å². The molecule has 1 aromatic heterocycles. The van der Waals surface area contributed by atoms with E-state index in [2.05, 4.69) is 15.3 Å². The Morgan fingerprint density at radius 1 is 1.30 bits per heavy atom. The number of benzene rings is 2. The number of hydrogen-bond acceptors (Lipinski definition) is 5. The van der Waals surface area contributed by atoms with Gasteiger partial charge in [0.15, 0.2) is 11.5 Å². The van der Waals surface area contributed by atoms with Gasteiger partial charge < -0.3 is 9.47 Å². The number of halogens is 2. The Bertz CT molecular complexity index is 1050. The van der Waals surface area contributed by atoms with Crippen LogP contribution < -0.4 is 9.47 Å². The number of ether oxygens (including phenoxy) is 2. The third-order valence-electron chi connectivity index (χ3n) is 3.74. The van der Waals surface area contributed by atoms with Crippen molar-refractivity contribution in [3.63, 3.8) is 0 Å². The van der Waals surface area contributed by atoms with Gasteiger partial charge in [0.2, 0.25) is 4.77 Å². The molecule has 6 nitrogen and oxygen atoms in total. The van der Waals surface area contributed by atoms with Crippen molar-refractivity contribution < 1.29 is 9.47 Å². The van der Waals surface area contributed by atoms with E-state index in [9.17, 15) is 0 Å². The van der Waals surface area contributed by atoms with Gasteiger partial charge in [-0.1, -0.05) is 35.3 Å². The second kappa shape index (κ2) is 8.56. The van der Waals surface area contributed by atoms with Crippen LogP contribution in [0.2, 0.25) is 10.0 Å². The molecule has 3 rings (SSSR count). The molecule has 0 spiro atoms. The Morgan fingerprint density at radius 3 is 2.78 bits per heavy atom. The molecule has 0 aliphatic rings. The molecule has 27 heavy (non-hydrogen) atoms. The first-order valence-corrected chi connectivity index (χ1v) is 9.08. The van der Waals surface area contributed by atoms with E-state index in [0.717, 1.165) is 11.1 Å². The van der Waals surface area contributed by atoms with Crippen molar-refractivity contribution in [2.75, 3.05) is 7.11 Å². The fourth-order valence-electron chi connectivity index (χ4n) is 2.36. The van der Waals surface area contributed by atoms with Crippen molar-refractivity contribution in [2.24, 2.45) is 5.10 Å². The van der Waals surface area contributed by atoms with Crippen molar-refractivity contribution in [3.05, 3.63) is 68.2 Å². The summed E-state index contributed by atoms with van der Waals surface area (Å²) < 4.78 is 13.3. The predicted molar refractivity (Wildman–Crippen MR) is 109 cm³/mol. The highest BCUT2D eigenvalue weighted by atomic mass is 35.5. The molecule has 0 radical (unpaired) electrons. The summed E-state index contributed by atoms with van der Waals surface area (Å²) in [6.45, 7) is 2.05. The number of hydrogen-bond donors (Lipinski definition) is 1. The molecule has 0 bridgehead atoms.